The third-order valence-corrected chi connectivity index (χ3v) is 3.65. The van der Waals surface area contributed by atoms with Crippen LogP contribution in [0.15, 0.2) is 46.8 Å². The molecule has 1 aromatic carbocycles. The van der Waals surface area contributed by atoms with Crippen LogP contribution in [0.3, 0.4) is 0 Å². The molecule has 3 aromatic rings. The molecule has 0 spiro atoms. The van der Waals surface area contributed by atoms with Crippen LogP contribution in [0.5, 0.6) is 0 Å². The van der Waals surface area contributed by atoms with Crippen molar-refractivity contribution in [3.63, 3.8) is 0 Å². The van der Waals surface area contributed by atoms with Gasteiger partial charge in [0.15, 0.2) is 5.82 Å². The molecule has 0 aliphatic carbocycles. The van der Waals surface area contributed by atoms with Crippen LogP contribution in [0.2, 0.25) is 0 Å². The maximum absolute atomic E-state index is 4.58. The number of para-hydroxylation sites is 2. The highest BCUT2D eigenvalue weighted by Crippen LogP contribution is 2.29. The Morgan fingerprint density at radius 1 is 1.32 bits per heavy atom. The highest BCUT2D eigenvalue weighted by atomic mass is 32.2. The lowest BCUT2D eigenvalue weighted by atomic mass is 10.3. The molecule has 4 nitrogen and oxygen atoms in total. The van der Waals surface area contributed by atoms with Gasteiger partial charge in [-0.1, -0.05) is 36.9 Å². The second-order valence-corrected chi connectivity index (χ2v) is 5.06. The minimum absolute atomic E-state index is 0.825. The number of allylic oxidation sites excluding steroid dienone is 1. The molecule has 0 atom stereocenters. The number of rotatable bonds is 4. The summed E-state index contributed by atoms with van der Waals surface area (Å²) >= 11 is 1.65. The quantitative estimate of drug-likeness (QED) is 0.705. The smallest absolute Gasteiger partial charge is 0.157 e. The molecule has 19 heavy (non-hydrogen) atoms. The molecule has 0 unspecified atom stereocenters. The molecule has 0 fully saturated rings. The first kappa shape index (κ1) is 12.0. The molecule has 2 aromatic heterocycles. The molecule has 0 aliphatic heterocycles. The lowest BCUT2D eigenvalue weighted by molar-refractivity contribution is 1.08. The molecule has 0 saturated carbocycles. The van der Waals surface area contributed by atoms with Gasteiger partial charge in [-0.25, -0.2) is 4.98 Å². The van der Waals surface area contributed by atoms with Crippen molar-refractivity contribution in [3.8, 4) is 11.5 Å². The van der Waals surface area contributed by atoms with E-state index in [4.69, 9.17) is 0 Å². The molecule has 0 radical (unpaired) electrons. The first-order valence-electron chi connectivity index (χ1n) is 6.18. The summed E-state index contributed by atoms with van der Waals surface area (Å²) in [5, 5.41) is 9.20. The average Bonchev–Trinajstić information content (AvgIpc) is 3.04. The van der Waals surface area contributed by atoms with Gasteiger partial charge >= 0.3 is 0 Å². The number of nitrogens with one attached hydrogen (secondary N) is 2. The zero-order valence-electron chi connectivity index (χ0n) is 10.6. The van der Waals surface area contributed by atoms with Gasteiger partial charge in [0, 0.05) is 0 Å². The number of imidazole rings is 1. The van der Waals surface area contributed by atoms with Crippen LogP contribution >= 0.6 is 11.8 Å². The summed E-state index contributed by atoms with van der Waals surface area (Å²) in [6.45, 7) is 2.12. The van der Waals surface area contributed by atoms with E-state index in [1.165, 1.54) is 0 Å². The van der Waals surface area contributed by atoms with Crippen molar-refractivity contribution < 1.29 is 0 Å². The number of aromatic amines is 2. The van der Waals surface area contributed by atoms with Crippen LogP contribution in [0.1, 0.15) is 13.3 Å². The summed E-state index contributed by atoms with van der Waals surface area (Å²) in [5.74, 6) is 0.825. The van der Waals surface area contributed by atoms with Gasteiger partial charge in [-0.15, -0.1) is 0 Å². The largest absolute Gasteiger partial charge is 0.337 e. The van der Waals surface area contributed by atoms with Crippen LogP contribution in [0, 0.1) is 0 Å². The van der Waals surface area contributed by atoms with E-state index in [-0.39, 0.29) is 0 Å². The molecule has 2 N–H and O–H groups in total. The lowest BCUT2D eigenvalue weighted by Crippen LogP contribution is -1.82. The number of benzene rings is 1. The number of H-pyrrole nitrogens is 2. The summed E-state index contributed by atoms with van der Waals surface area (Å²) in [7, 11) is 0. The van der Waals surface area contributed by atoms with Gasteiger partial charge in [0.05, 0.1) is 22.1 Å². The molecule has 0 bridgehead atoms. The van der Waals surface area contributed by atoms with Gasteiger partial charge in [0.25, 0.3) is 0 Å². The Morgan fingerprint density at radius 2 is 2.21 bits per heavy atom. The lowest BCUT2D eigenvalue weighted by Gasteiger charge is -1.95. The zero-order valence-corrected chi connectivity index (χ0v) is 11.4. The molecule has 0 amide bonds. The topological polar surface area (TPSA) is 57.4 Å². The van der Waals surface area contributed by atoms with Crippen molar-refractivity contribution in [2.45, 2.75) is 18.2 Å². The summed E-state index contributed by atoms with van der Waals surface area (Å²) in [6.07, 6.45) is 4.98. The maximum atomic E-state index is 4.58. The van der Waals surface area contributed by atoms with Crippen molar-refractivity contribution in [2.75, 3.05) is 0 Å². The van der Waals surface area contributed by atoms with Gasteiger partial charge < -0.3 is 4.98 Å². The van der Waals surface area contributed by atoms with E-state index in [9.17, 15) is 0 Å². The zero-order chi connectivity index (χ0) is 13.1. The molecule has 0 saturated heterocycles. The van der Waals surface area contributed by atoms with Crippen molar-refractivity contribution in [2.24, 2.45) is 0 Å². The second kappa shape index (κ2) is 5.32. The predicted molar refractivity (Wildman–Crippen MR) is 79.0 cm³/mol. The molecule has 3 rings (SSSR count). The third-order valence-electron chi connectivity index (χ3n) is 2.76. The van der Waals surface area contributed by atoms with Gasteiger partial charge in [-0.05, 0) is 24.0 Å². The van der Waals surface area contributed by atoms with Gasteiger partial charge in [0.2, 0.25) is 0 Å². The molecule has 2 heterocycles. The Bertz CT molecular complexity index is 678. The molecular formula is C14H14N4S. The molecule has 96 valence electrons. The van der Waals surface area contributed by atoms with Crippen molar-refractivity contribution in [1.29, 1.82) is 0 Å². The van der Waals surface area contributed by atoms with Crippen LogP contribution in [0.25, 0.3) is 22.6 Å². The predicted octanol–water partition coefficient (Wildman–Crippen LogP) is 3.97. The van der Waals surface area contributed by atoms with Crippen LogP contribution in [0.4, 0.5) is 0 Å². The number of thioether (sulfide) groups is 1. The first-order valence-corrected chi connectivity index (χ1v) is 7.06. The van der Waals surface area contributed by atoms with Crippen LogP contribution in [-0.2, 0) is 0 Å². The van der Waals surface area contributed by atoms with E-state index >= 15 is 0 Å². The van der Waals surface area contributed by atoms with E-state index in [0.717, 1.165) is 33.9 Å². The van der Waals surface area contributed by atoms with Gasteiger partial charge in [-0.3, -0.25) is 5.10 Å². The first-order chi connectivity index (χ1) is 9.38. The second-order valence-electron chi connectivity index (χ2n) is 4.11. The Morgan fingerprint density at radius 3 is 3.05 bits per heavy atom. The molecule has 0 aliphatic rings. The van der Waals surface area contributed by atoms with Crippen LogP contribution < -0.4 is 0 Å². The minimum Gasteiger partial charge on any atom is -0.337 e. The fourth-order valence-corrected chi connectivity index (χ4v) is 2.63. The minimum atomic E-state index is 0.825. The number of hydrogen-bond donors (Lipinski definition) is 2. The van der Waals surface area contributed by atoms with E-state index in [2.05, 4.69) is 38.6 Å². The highest BCUT2D eigenvalue weighted by Gasteiger charge is 2.11. The van der Waals surface area contributed by atoms with Crippen LogP contribution in [-0.4, -0.2) is 20.2 Å². The fraction of sp³-hybridized carbons (Fsp3) is 0.143. The number of nitrogens with zero attached hydrogens (tertiary/aromatic N) is 2. The van der Waals surface area contributed by atoms with Gasteiger partial charge in [-0.2, -0.15) is 5.10 Å². The monoisotopic (exact) mass is 270 g/mol. The van der Waals surface area contributed by atoms with Crippen molar-refractivity contribution in [3.05, 3.63) is 41.9 Å². The average molecular weight is 270 g/mol. The van der Waals surface area contributed by atoms with E-state index in [0.29, 0.717) is 0 Å². The number of hydrogen-bond acceptors (Lipinski definition) is 3. The summed E-state index contributed by atoms with van der Waals surface area (Å²) in [5.41, 5.74) is 2.93. The summed E-state index contributed by atoms with van der Waals surface area (Å²) in [6, 6.07) is 8.00. The van der Waals surface area contributed by atoms with E-state index in [1.807, 2.05) is 30.5 Å². The van der Waals surface area contributed by atoms with Gasteiger partial charge in [0.1, 0.15) is 5.69 Å². The summed E-state index contributed by atoms with van der Waals surface area (Å²) in [4.78, 5) is 8.96. The van der Waals surface area contributed by atoms with Crippen molar-refractivity contribution in [1.82, 2.24) is 20.2 Å². The Hall–Kier alpha value is -2.01. The standard InChI is InChI=1S/C14H14N4S/c1-2-3-8-19-12-9-15-18-13(12)14-16-10-6-4-5-7-11(10)17-14/h3-9H,2H2,1H3,(H,15,18)(H,16,17)/b8-3-. The number of fused-ring (bicyclic) bond motifs is 1. The Labute approximate surface area is 115 Å². The van der Waals surface area contributed by atoms with E-state index < -0.39 is 0 Å². The summed E-state index contributed by atoms with van der Waals surface area (Å²) < 4.78 is 0. The normalized spacial score (nSPS) is 11.6. The molecule has 5 heteroatoms. The fourth-order valence-electron chi connectivity index (χ4n) is 1.82. The SMILES string of the molecule is CC/C=C\Sc1cn[nH]c1-c1nc2ccccc2[nH]1. The van der Waals surface area contributed by atoms with E-state index in [1.54, 1.807) is 11.8 Å². The Kier molecular flexibility index (Phi) is 3.37. The maximum Gasteiger partial charge on any atom is 0.157 e. The molecular weight excluding hydrogens is 256 g/mol. The number of aromatic nitrogens is 4. The highest BCUT2D eigenvalue weighted by molar-refractivity contribution is 8.02. The Balaban J connectivity index is 1.97. The van der Waals surface area contributed by atoms with Crippen molar-refractivity contribution >= 4 is 22.8 Å². The third kappa shape index (κ3) is 2.42.